The van der Waals surface area contributed by atoms with Gasteiger partial charge in [0.2, 0.25) is 10.4 Å². The summed E-state index contributed by atoms with van der Waals surface area (Å²) in [6.45, 7) is -1.68. The van der Waals surface area contributed by atoms with Gasteiger partial charge in [-0.2, -0.15) is 0 Å². The van der Waals surface area contributed by atoms with Gasteiger partial charge in [0.15, 0.2) is 12.6 Å². The SMILES string of the molecule is O=S(=O)([O-])O[C@H]1[C@@H](O)[C@@H](CO)O[C@@H](O[C@H]2[C@H](O)[C@@H](O)[C@H](O)O[C@@H]2CO)[C@@H]1O.[Na+]. The molecule has 0 spiro atoms. The van der Waals surface area contributed by atoms with E-state index in [9.17, 15) is 48.7 Å². The van der Waals surface area contributed by atoms with Crippen LogP contribution in [0, 0.1) is 0 Å². The van der Waals surface area contributed by atoms with Crippen molar-refractivity contribution in [3.63, 3.8) is 0 Å². The molecule has 16 heteroatoms. The Kier molecular flexibility index (Phi) is 10.1. The van der Waals surface area contributed by atoms with E-state index in [0.29, 0.717) is 0 Å². The van der Waals surface area contributed by atoms with Crippen LogP contribution in [-0.2, 0) is 28.8 Å². The normalized spacial score (nSPS) is 44.7. The Bertz CT molecular complexity index is 589. The van der Waals surface area contributed by atoms with Gasteiger partial charge in [-0.3, -0.25) is 4.18 Å². The third-order valence-electron chi connectivity index (χ3n) is 4.18. The van der Waals surface area contributed by atoms with Crippen LogP contribution < -0.4 is 29.6 Å². The minimum absolute atomic E-state index is 0. The molecule has 2 fully saturated rings. The summed E-state index contributed by atoms with van der Waals surface area (Å²) in [6, 6.07) is 0. The van der Waals surface area contributed by atoms with E-state index in [1.807, 2.05) is 0 Å². The number of hydrogen-bond acceptors (Lipinski definition) is 14. The quantitative estimate of drug-likeness (QED) is 0.114. The van der Waals surface area contributed by atoms with E-state index in [1.165, 1.54) is 0 Å². The Balaban J connectivity index is 0.00000392. The fourth-order valence-electron chi connectivity index (χ4n) is 2.81. The largest absolute Gasteiger partial charge is 1.00 e. The van der Waals surface area contributed by atoms with Crippen molar-refractivity contribution in [2.45, 2.75) is 61.4 Å². The molecule has 160 valence electrons. The molecule has 0 radical (unpaired) electrons. The second kappa shape index (κ2) is 10.7. The molecule has 0 aromatic rings. The van der Waals surface area contributed by atoms with Gasteiger partial charge in [0, 0.05) is 0 Å². The zero-order chi connectivity index (χ0) is 20.5. The molecule has 10 atom stereocenters. The molecule has 0 aromatic heterocycles. The van der Waals surface area contributed by atoms with E-state index in [-0.39, 0.29) is 29.6 Å². The third kappa shape index (κ3) is 6.01. The summed E-state index contributed by atoms with van der Waals surface area (Å²) in [4.78, 5) is 0. The predicted octanol–water partition coefficient (Wildman–Crippen LogP) is -8.91. The number of rotatable bonds is 6. The molecule has 2 saturated heterocycles. The summed E-state index contributed by atoms with van der Waals surface area (Å²) in [5.74, 6) is 0. The zero-order valence-corrected chi connectivity index (χ0v) is 17.4. The van der Waals surface area contributed by atoms with Crippen molar-refractivity contribution in [2.75, 3.05) is 13.2 Å². The van der Waals surface area contributed by atoms with Crippen LogP contribution in [0.1, 0.15) is 0 Å². The molecule has 2 aliphatic heterocycles. The Labute approximate surface area is 181 Å². The maximum Gasteiger partial charge on any atom is 1.00 e. The van der Waals surface area contributed by atoms with Crippen LogP contribution in [0.15, 0.2) is 0 Å². The van der Waals surface area contributed by atoms with Crippen LogP contribution in [0.25, 0.3) is 0 Å². The third-order valence-corrected chi connectivity index (χ3v) is 4.64. The van der Waals surface area contributed by atoms with Crippen LogP contribution in [0.4, 0.5) is 0 Å². The van der Waals surface area contributed by atoms with Gasteiger partial charge < -0.3 is 54.5 Å². The van der Waals surface area contributed by atoms with Crippen molar-refractivity contribution >= 4 is 10.4 Å². The standard InChI is InChI=1S/C12H22O14S.Na/c13-1-3-5(15)10(26-27(20,21)22)8(18)12(24-3)25-9-4(2-14)23-11(19)7(17)6(9)16;/h3-19H,1-2H2,(H,20,21,22);/q;+1/p-1/t3-,4-,5+,6-,7-,8-,9-,10+,11-,12+;/m1./s1. The molecule has 0 bridgehead atoms. The fourth-order valence-corrected chi connectivity index (χ4v) is 3.30. The van der Waals surface area contributed by atoms with Gasteiger partial charge in [0.1, 0.15) is 48.8 Å². The summed E-state index contributed by atoms with van der Waals surface area (Å²) >= 11 is 0. The minimum atomic E-state index is -5.37. The van der Waals surface area contributed by atoms with Gasteiger partial charge in [-0.1, -0.05) is 0 Å². The minimum Gasteiger partial charge on any atom is -0.726 e. The molecule has 0 amide bonds. The first kappa shape index (κ1) is 26.5. The van der Waals surface area contributed by atoms with Gasteiger partial charge in [-0.25, -0.2) is 8.42 Å². The van der Waals surface area contributed by atoms with Crippen molar-refractivity contribution in [3.8, 4) is 0 Å². The number of ether oxygens (including phenoxy) is 3. The fraction of sp³-hybridized carbons (Fsp3) is 1.00. The van der Waals surface area contributed by atoms with Crippen molar-refractivity contribution in [1.82, 2.24) is 0 Å². The molecule has 0 unspecified atom stereocenters. The Morgan fingerprint density at radius 2 is 1.39 bits per heavy atom. The van der Waals surface area contributed by atoms with Crippen LogP contribution in [0.2, 0.25) is 0 Å². The average Bonchev–Trinajstić information content (AvgIpc) is 2.59. The smallest absolute Gasteiger partial charge is 0.726 e. The molecule has 2 rings (SSSR count). The van der Waals surface area contributed by atoms with Crippen molar-refractivity contribution in [3.05, 3.63) is 0 Å². The second-order valence-corrected chi connectivity index (χ2v) is 7.01. The average molecular weight is 444 g/mol. The van der Waals surface area contributed by atoms with Gasteiger partial charge in [0.05, 0.1) is 13.2 Å². The first-order chi connectivity index (χ1) is 12.5. The molecular formula is C12H21NaO14S. The summed E-state index contributed by atoms with van der Waals surface area (Å²) in [6.07, 6.45) is -18.0. The molecular weight excluding hydrogens is 423 g/mol. The Hall–Kier alpha value is 0.470. The molecule has 28 heavy (non-hydrogen) atoms. The number of aliphatic hydroxyl groups is 7. The number of aliphatic hydroxyl groups excluding tert-OH is 7. The van der Waals surface area contributed by atoms with E-state index >= 15 is 0 Å². The molecule has 0 aromatic carbocycles. The Morgan fingerprint density at radius 3 is 1.89 bits per heavy atom. The molecule has 7 N–H and O–H groups in total. The van der Waals surface area contributed by atoms with E-state index in [1.54, 1.807) is 0 Å². The first-order valence-corrected chi connectivity index (χ1v) is 9.06. The Morgan fingerprint density at radius 1 is 0.821 bits per heavy atom. The summed E-state index contributed by atoms with van der Waals surface area (Å²) in [5, 5.41) is 67.7. The molecule has 0 saturated carbocycles. The van der Waals surface area contributed by atoms with E-state index in [2.05, 4.69) is 4.18 Å². The van der Waals surface area contributed by atoms with Crippen molar-refractivity contribution in [1.29, 1.82) is 0 Å². The van der Waals surface area contributed by atoms with Crippen LogP contribution in [0.3, 0.4) is 0 Å². The summed E-state index contributed by atoms with van der Waals surface area (Å²) in [5.41, 5.74) is 0. The molecule has 0 aliphatic carbocycles. The first-order valence-electron chi connectivity index (χ1n) is 7.72. The summed E-state index contributed by atoms with van der Waals surface area (Å²) < 4.78 is 51.7. The van der Waals surface area contributed by atoms with Crippen LogP contribution in [0.5, 0.6) is 0 Å². The van der Waals surface area contributed by atoms with Gasteiger partial charge in [0.25, 0.3) is 0 Å². The van der Waals surface area contributed by atoms with E-state index in [4.69, 9.17) is 14.2 Å². The van der Waals surface area contributed by atoms with Gasteiger partial charge in [-0.15, -0.1) is 0 Å². The van der Waals surface area contributed by atoms with Crippen LogP contribution in [-0.4, -0.2) is 123 Å². The molecule has 2 heterocycles. The maximum atomic E-state index is 10.8. The second-order valence-electron chi connectivity index (χ2n) is 6.01. The molecule has 14 nitrogen and oxygen atoms in total. The topological polar surface area (TPSA) is 236 Å². The van der Waals surface area contributed by atoms with Gasteiger partial charge in [-0.05, 0) is 0 Å². The monoisotopic (exact) mass is 444 g/mol. The number of hydrogen-bond donors (Lipinski definition) is 7. The van der Waals surface area contributed by atoms with Gasteiger partial charge >= 0.3 is 29.6 Å². The molecule has 2 aliphatic rings. The predicted molar refractivity (Wildman–Crippen MR) is 77.2 cm³/mol. The maximum absolute atomic E-state index is 10.8. The summed E-state index contributed by atoms with van der Waals surface area (Å²) in [7, 11) is -5.37. The van der Waals surface area contributed by atoms with Crippen LogP contribution >= 0.6 is 0 Å². The van der Waals surface area contributed by atoms with Crippen molar-refractivity contribution in [2.24, 2.45) is 0 Å². The van der Waals surface area contributed by atoms with Crippen molar-refractivity contribution < 1.29 is 96.7 Å². The zero-order valence-electron chi connectivity index (χ0n) is 14.6. The van der Waals surface area contributed by atoms with E-state index < -0.39 is 85.0 Å². The van der Waals surface area contributed by atoms with E-state index in [0.717, 1.165) is 0 Å².